The molecule has 3 aromatic rings. The van der Waals surface area contributed by atoms with Crippen molar-refractivity contribution in [3.8, 4) is 5.75 Å². The Kier molecular flexibility index (Phi) is 5.43. The summed E-state index contributed by atoms with van der Waals surface area (Å²) in [5.41, 5.74) is 3.27. The molecular formula is C20H20N4O2. The Labute approximate surface area is 152 Å². The van der Waals surface area contributed by atoms with Gasteiger partial charge in [0.2, 0.25) is 5.95 Å². The van der Waals surface area contributed by atoms with E-state index in [1.165, 1.54) is 12.4 Å². The van der Waals surface area contributed by atoms with Crippen molar-refractivity contribution in [3.63, 3.8) is 0 Å². The van der Waals surface area contributed by atoms with Crippen molar-refractivity contribution in [2.24, 2.45) is 0 Å². The molecule has 3 rings (SSSR count). The summed E-state index contributed by atoms with van der Waals surface area (Å²) >= 11 is 0. The predicted molar refractivity (Wildman–Crippen MR) is 101 cm³/mol. The highest BCUT2D eigenvalue weighted by atomic mass is 16.5. The summed E-state index contributed by atoms with van der Waals surface area (Å²) in [5, 5.41) is 5.95. The van der Waals surface area contributed by atoms with Crippen LogP contribution in [-0.2, 0) is 6.54 Å². The standard InChI is InChI=1S/C20H20N4O2/c1-14-7-9-17(10-8-14)24-19(25)16-12-22-20(23-13-16)21-11-15-5-3-4-6-18(15)26-2/h3-10,12-13H,11H2,1-2H3,(H,24,25)(H,21,22,23). The van der Waals surface area contributed by atoms with Crippen LogP contribution in [0.5, 0.6) is 5.75 Å². The van der Waals surface area contributed by atoms with Crippen molar-refractivity contribution in [1.29, 1.82) is 0 Å². The Bertz CT molecular complexity index is 877. The number of rotatable bonds is 6. The highest BCUT2D eigenvalue weighted by Crippen LogP contribution is 2.18. The van der Waals surface area contributed by atoms with E-state index in [4.69, 9.17) is 4.74 Å². The van der Waals surface area contributed by atoms with Crippen LogP contribution in [0.3, 0.4) is 0 Å². The van der Waals surface area contributed by atoms with E-state index in [0.717, 1.165) is 22.6 Å². The number of carbonyl (C=O) groups excluding carboxylic acids is 1. The Balaban J connectivity index is 1.61. The van der Waals surface area contributed by atoms with E-state index in [1.807, 2.05) is 55.5 Å². The zero-order valence-electron chi connectivity index (χ0n) is 14.7. The van der Waals surface area contributed by atoms with Crippen LogP contribution < -0.4 is 15.4 Å². The van der Waals surface area contributed by atoms with Gasteiger partial charge in [0.1, 0.15) is 5.75 Å². The van der Waals surface area contributed by atoms with E-state index in [2.05, 4.69) is 20.6 Å². The number of nitrogens with zero attached hydrogens (tertiary/aromatic N) is 2. The normalized spacial score (nSPS) is 10.2. The van der Waals surface area contributed by atoms with Gasteiger partial charge in [-0.05, 0) is 25.1 Å². The van der Waals surface area contributed by atoms with E-state index < -0.39 is 0 Å². The summed E-state index contributed by atoms with van der Waals surface area (Å²) in [6, 6.07) is 15.3. The van der Waals surface area contributed by atoms with Gasteiger partial charge in [-0.3, -0.25) is 4.79 Å². The average Bonchev–Trinajstić information content (AvgIpc) is 2.68. The van der Waals surface area contributed by atoms with Gasteiger partial charge in [-0.15, -0.1) is 0 Å². The van der Waals surface area contributed by atoms with Gasteiger partial charge in [-0.1, -0.05) is 35.9 Å². The number of carbonyl (C=O) groups is 1. The van der Waals surface area contributed by atoms with Crippen molar-refractivity contribution in [1.82, 2.24) is 9.97 Å². The van der Waals surface area contributed by atoms with Gasteiger partial charge in [0.15, 0.2) is 0 Å². The van der Waals surface area contributed by atoms with Gasteiger partial charge in [-0.2, -0.15) is 0 Å². The van der Waals surface area contributed by atoms with E-state index >= 15 is 0 Å². The lowest BCUT2D eigenvalue weighted by Crippen LogP contribution is -2.13. The van der Waals surface area contributed by atoms with Crippen molar-refractivity contribution in [3.05, 3.63) is 77.6 Å². The number of aromatic nitrogens is 2. The minimum Gasteiger partial charge on any atom is -0.496 e. The summed E-state index contributed by atoms with van der Waals surface area (Å²) in [5.74, 6) is 1.00. The number of hydrogen-bond acceptors (Lipinski definition) is 5. The number of benzene rings is 2. The molecule has 0 fully saturated rings. The average molecular weight is 348 g/mol. The maximum absolute atomic E-state index is 12.2. The summed E-state index contributed by atoms with van der Waals surface area (Å²) in [6.45, 7) is 2.52. The molecule has 1 amide bonds. The number of anilines is 2. The van der Waals surface area contributed by atoms with Crippen LogP contribution in [0.25, 0.3) is 0 Å². The summed E-state index contributed by atoms with van der Waals surface area (Å²) < 4.78 is 5.31. The first-order chi connectivity index (χ1) is 12.7. The second-order valence-electron chi connectivity index (χ2n) is 5.78. The number of ether oxygens (including phenoxy) is 1. The van der Waals surface area contributed by atoms with Crippen molar-refractivity contribution >= 4 is 17.5 Å². The fourth-order valence-electron chi connectivity index (χ4n) is 2.40. The zero-order valence-corrected chi connectivity index (χ0v) is 14.7. The van der Waals surface area contributed by atoms with Crippen LogP contribution in [0, 0.1) is 6.92 Å². The number of amides is 1. The number of nitrogens with one attached hydrogen (secondary N) is 2. The predicted octanol–water partition coefficient (Wildman–Crippen LogP) is 3.66. The van der Waals surface area contributed by atoms with Gasteiger partial charge < -0.3 is 15.4 Å². The molecule has 6 nitrogen and oxygen atoms in total. The monoisotopic (exact) mass is 348 g/mol. The van der Waals surface area contributed by atoms with Gasteiger partial charge in [0.25, 0.3) is 5.91 Å². The van der Waals surface area contributed by atoms with Crippen LogP contribution in [0.2, 0.25) is 0 Å². The number of para-hydroxylation sites is 1. The second kappa shape index (κ2) is 8.11. The quantitative estimate of drug-likeness (QED) is 0.711. The first-order valence-corrected chi connectivity index (χ1v) is 8.21. The van der Waals surface area contributed by atoms with Gasteiger partial charge >= 0.3 is 0 Å². The van der Waals surface area contributed by atoms with E-state index in [9.17, 15) is 4.79 Å². The molecule has 0 aliphatic carbocycles. The molecule has 0 aliphatic heterocycles. The van der Waals surface area contributed by atoms with E-state index in [0.29, 0.717) is 18.1 Å². The van der Waals surface area contributed by atoms with Crippen molar-refractivity contribution in [2.45, 2.75) is 13.5 Å². The largest absolute Gasteiger partial charge is 0.496 e. The fraction of sp³-hybridized carbons (Fsp3) is 0.150. The lowest BCUT2D eigenvalue weighted by molar-refractivity contribution is 0.102. The second-order valence-corrected chi connectivity index (χ2v) is 5.78. The van der Waals surface area contributed by atoms with E-state index in [1.54, 1.807) is 7.11 Å². The maximum Gasteiger partial charge on any atom is 0.258 e. The SMILES string of the molecule is COc1ccccc1CNc1ncc(C(=O)Nc2ccc(C)cc2)cn1. The fourth-order valence-corrected chi connectivity index (χ4v) is 2.40. The molecule has 1 heterocycles. The summed E-state index contributed by atoms with van der Waals surface area (Å²) in [7, 11) is 1.64. The molecule has 0 atom stereocenters. The molecule has 2 aromatic carbocycles. The summed E-state index contributed by atoms with van der Waals surface area (Å²) in [4.78, 5) is 20.6. The molecule has 0 spiro atoms. The Hall–Kier alpha value is -3.41. The molecule has 132 valence electrons. The van der Waals surface area contributed by atoms with Crippen LogP contribution in [-0.4, -0.2) is 23.0 Å². The molecule has 26 heavy (non-hydrogen) atoms. The highest BCUT2D eigenvalue weighted by molar-refractivity contribution is 6.03. The molecule has 0 bridgehead atoms. The Morgan fingerprint density at radius 2 is 1.73 bits per heavy atom. The van der Waals surface area contributed by atoms with Gasteiger partial charge in [0.05, 0.1) is 12.7 Å². The Morgan fingerprint density at radius 1 is 1.04 bits per heavy atom. The maximum atomic E-state index is 12.2. The third kappa shape index (κ3) is 4.36. The minimum atomic E-state index is -0.245. The molecule has 6 heteroatoms. The molecule has 0 radical (unpaired) electrons. The van der Waals surface area contributed by atoms with Crippen molar-refractivity contribution in [2.75, 3.05) is 17.7 Å². The third-order valence-corrected chi connectivity index (χ3v) is 3.85. The molecule has 0 aliphatic rings. The molecule has 0 saturated heterocycles. The van der Waals surface area contributed by atoms with Crippen LogP contribution in [0.15, 0.2) is 60.9 Å². The highest BCUT2D eigenvalue weighted by Gasteiger charge is 2.08. The third-order valence-electron chi connectivity index (χ3n) is 3.85. The van der Waals surface area contributed by atoms with Crippen LogP contribution in [0.1, 0.15) is 21.5 Å². The van der Waals surface area contributed by atoms with Gasteiger partial charge in [0, 0.05) is 30.2 Å². The minimum absolute atomic E-state index is 0.245. The zero-order chi connectivity index (χ0) is 18.4. The number of hydrogen-bond donors (Lipinski definition) is 2. The topological polar surface area (TPSA) is 76.1 Å². The summed E-state index contributed by atoms with van der Waals surface area (Å²) in [6.07, 6.45) is 3.00. The lowest BCUT2D eigenvalue weighted by Gasteiger charge is -2.09. The first-order valence-electron chi connectivity index (χ1n) is 8.21. The number of methoxy groups -OCH3 is 1. The molecule has 0 saturated carbocycles. The first kappa shape index (κ1) is 17.4. The van der Waals surface area contributed by atoms with E-state index in [-0.39, 0.29) is 5.91 Å². The number of aryl methyl sites for hydroxylation is 1. The lowest BCUT2D eigenvalue weighted by atomic mass is 10.2. The van der Waals surface area contributed by atoms with Crippen LogP contribution in [0.4, 0.5) is 11.6 Å². The van der Waals surface area contributed by atoms with Crippen LogP contribution >= 0.6 is 0 Å². The molecule has 1 aromatic heterocycles. The van der Waals surface area contributed by atoms with Gasteiger partial charge in [-0.25, -0.2) is 9.97 Å². The van der Waals surface area contributed by atoms with Crippen molar-refractivity contribution < 1.29 is 9.53 Å². The molecule has 2 N–H and O–H groups in total. The smallest absolute Gasteiger partial charge is 0.258 e. The Morgan fingerprint density at radius 3 is 2.42 bits per heavy atom. The molecular weight excluding hydrogens is 328 g/mol. The molecule has 0 unspecified atom stereocenters.